The third-order valence-electron chi connectivity index (χ3n) is 3.88. The highest BCUT2D eigenvalue weighted by molar-refractivity contribution is 5.97. The first-order chi connectivity index (χ1) is 11.5. The summed E-state index contributed by atoms with van der Waals surface area (Å²) in [5.41, 5.74) is 0.513. The minimum Gasteiger partial charge on any atom is -0.494 e. The Labute approximate surface area is 145 Å². The normalized spacial score (nSPS) is 13.0. The molecule has 2 unspecified atom stereocenters. The first kappa shape index (κ1) is 20.0. The van der Waals surface area contributed by atoms with Gasteiger partial charge in [0.15, 0.2) is 0 Å². The molecule has 0 saturated carbocycles. The van der Waals surface area contributed by atoms with Crippen molar-refractivity contribution in [2.75, 3.05) is 6.61 Å². The van der Waals surface area contributed by atoms with Gasteiger partial charge < -0.3 is 15.4 Å². The summed E-state index contributed by atoms with van der Waals surface area (Å²) in [4.78, 5) is 24.2. The van der Waals surface area contributed by atoms with Crippen LogP contribution in [-0.2, 0) is 4.79 Å². The number of unbranched alkanes of at least 4 members (excludes halogenated alkanes) is 2. The van der Waals surface area contributed by atoms with Gasteiger partial charge in [-0.1, -0.05) is 26.7 Å². The Morgan fingerprint density at radius 1 is 1.04 bits per heavy atom. The van der Waals surface area contributed by atoms with Gasteiger partial charge in [-0.15, -0.1) is 0 Å². The van der Waals surface area contributed by atoms with E-state index in [1.807, 2.05) is 13.8 Å². The molecule has 134 valence electrons. The number of carbonyl (C=O) groups excluding carboxylic acids is 2. The molecule has 0 spiro atoms. The van der Waals surface area contributed by atoms with Gasteiger partial charge in [0.2, 0.25) is 5.91 Å². The van der Waals surface area contributed by atoms with Crippen molar-refractivity contribution in [3.8, 4) is 5.75 Å². The fourth-order valence-electron chi connectivity index (χ4n) is 2.06. The van der Waals surface area contributed by atoms with Gasteiger partial charge in [0.1, 0.15) is 11.8 Å². The van der Waals surface area contributed by atoms with Gasteiger partial charge in [0, 0.05) is 11.6 Å². The van der Waals surface area contributed by atoms with Crippen LogP contribution in [0, 0.1) is 0 Å². The van der Waals surface area contributed by atoms with E-state index in [2.05, 4.69) is 17.6 Å². The van der Waals surface area contributed by atoms with Gasteiger partial charge in [0.25, 0.3) is 5.91 Å². The molecule has 2 amide bonds. The van der Waals surface area contributed by atoms with Crippen molar-refractivity contribution in [3.63, 3.8) is 0 Å². The van der Waals surface area contributed by atoms with Crippen LogP contribution in [-0.4, -0.2) is 30.5 Å². The Morgan fingerprint density at radius 2 is 1.71 bits per heavy atom. The second kappa shape index (κ2) is 10.7. The lowest BCUT2D eigenvalue weighted by Gasteiger charge is -2.17. The summed E-state index contributed by atoms with van der Waals surface area (Å²) in [6.07, 6.45) is 4.19. The van der Waals surface area contributed by atoms with Crippen LogP contribution in [0.4, 0.5) is 0 Å². The number of hydrogen-bond donors (Lipinski definition) is 2. The molecule has 0 aromatic heterocycles. The van der Waals surface area contributed by atoms with Gasteiger partial charge in [-0.05, 0) is 51.0 Å². The van der Waals surface area contributed by atoms with Crippen LogP contribution >= 0.6 is 0 Å². The maximum atomic E-state index is 12.2. The van der Waals surface area contributed by atoms with Crippen LogP contribution in [0.1, 0.15) is 63.7 Å². The second-order valence-electron chi connectivity index (χ2n) is 6.09. The summed E-state index contributed by atoms with van der Waals surface area (Å²) in [6.45, 7) is 8.45. The minimum atomic E-state index is -0.573. The SMILES string of the molecule is CCCCCOc1ccc(C(=O)NC(C)C(=O)NC(C)CC)cc1. The maximum Gasteiger partial charge on any atom is 0.251 e. The van der Waals surface area contributed by atoms with Crippen LogP contribution in [0.3, 0.4) is 0 Å². The number of rotatable bonds is 10. The summed E-state index contributed by atoms with van der Waals surface area (Å²) in [7, 11) is 0. The van der Waals surface area contributed by atoms with Gasteiger partial charge in [-0.25, -0.2) is 0 Å². The van der Waals surface area contributed by atoms with E-state index in [4.69, 9.17) is 4.74 Å². The third kappa shape index (κ3) is 7.02. The van der Waals surface area contributed by atoms with Gasteiger partial charge >= 0.3 is 0 Å². The number of ether oxygens (including phenoxy) is 1. The minimum absolute atomic E-state index is 0.0981. The first-order valence-electron chi connectivity index (χ1n) is 8.82. The topological polar surface area (TPSA) is 67.4 Å². The van der Waals surface area contributed by atoms with Crippen molar-refractivity contribution in [3.05, 3.63) is 29.8 Å². The summed E-state index contributed by atoms with van der Waals surface area (Å²) >= 11 is 0. The molecule has 24 heavy (non-hydrogen) atoms. The van der Waals surface area contributed by atoms with E-state index in [1.165, 1.54) is 0 Å². The molecule has 0 bridgehead atoms. The fraction of sp³-hybridized carbons (Fsp3) is 0.579. The summed E-state index contributed by atoms with van der Waals surface area (Å²) in [5.74, 6) is 0.318. The maximum absolute atomic E-state index is 12.2. The monoisotopic (exact) mass is 334 g/mol. The quantitative estimate of drug-likeness (QED) is 0.645. The molecule has 0 saturated heterocycles. The molecule has 1 aromatic carbocycles. The Morgan fingerprint density at radius 3 is 2.29 bits per heavy atom. The van der Waals surface area contributed by atoms with Crippen LogP contribution in [0.15, 0.2) is 24.3 Å². The zero-order chi connectivity index (χ0) is 17.9. The Hall–Kier alpha value is -2.04. The summed E-state index contributed by atoms with van der Waals surface area (Å²) < 4.78 is 5.62. The largest absolute Gasteiger partial charge is 0.494 e. The molecule has 0 aliphatic heterocycles. The summed E-state index contributed by atoms with van der Waals surface area (Å²) in [5, 5.41) is 5.57. The Balaban J connectivity index is 2.48. The molecule has 1 aromatic rings. The lowest BCUT2D eigenvalue weighted by atomic mass is 10.2. The highest BCUT2D eigenvalue weighted by Gasteiger charge is 2.17. The highest BCUT2D eigenvalue weighted by Crippen LogP contribution is 2.13. The lowest BCUT2D eigenvalue weighted by molar-refractivity contribution is -0.123. The zero-order valence-corrected chi connectivity index (χ0v) is 15.2. The highest BCUT2D eigenvalue weighted by atomic mass is 16.5. The average molecular weight is 334 g/mol. The molecule has 5 nitrogen and oxygen atoms in total. The Bertz CT molecular complexity index is 514. The molecule has 0 aliphatic rings. The van der Waals surface area contributed by atoms with Crippen molar-refractivity contribution >= 4 is 11.8 Å². The van der Waals surface area contributed by atoms with Crippen molar-refractivity contribution in [1.29, 1.82) is 0 Å². The van der Waals surface area contributed by atoms with E-state index in [0.29, 0.717) is 12.2 Å². The van der Waals surface area contributed by atoms with Crippen molar-refractivity contribution in [2.24, 2.45) is 0 Å². The number of hydrogen-bond acceptors (Lipinski definition) is 3. The van der Waals surface area contributed by atoms with Crippen molar-refractivity contribution in [1.82, 2.24) is 10.6 Å². The summed E-state index contributed by atoms with van der Waals surface area (Å²) in [6, 6.07) is 6.51. The first-order valence-corrected chi connectivity index (χ1v) is 8.82. The standard InChI is InChI=1S/C19H30N2O3/c1-5-7-8-13-24-17-11-9-16(10-12-17)19(23)21-15(4)18(22)20-14(3)6-2/h9-12,14-15H,5-8,13H2,1-4H3,(H,20,22)(H,21,23). The second-order valence-corrected chi connectivity index (χ2v) is 6.09. The van der Waals surface area contributed by atoms with Crippen LogP contribution < -0.4 is 15.4 Å². The van der Waals surface area contributed by atoms with E-state index in [0.717, 1.165) is 31.4 Å². The van der Waals surface area contributed by atoms with Gasteiger partial charge in [0.05, 0.1) is 6.61 Å². The van der Waals surface area contributed by atoms with E-state index in [9.17, 15) is 9.59 Å². The zero-order valence-electron chi connectivity index (χ0n) is 15.2. The molecule has 0 radical (unpaired) electrons. The molecular weight excluding hydrogens is 304 g/mol. The molecule has 0 fully saturated rings. The number of carbonyl (C=O) groups is 2. The van der Waals surface area contributed by atoms with Crippen LogP contribution in [0.2, 0.25) is 0 Å². The number of amides is 2. The Kier molecular flexibility index (Phi) is 8.90. The smallest absolute Gasteiger partial charge is 0.251 e. The number of benzene rings is 1. The van der Waals surface area contributed by atoms with Crippen molar-refractivity contribution in [2.45, 2.75) is 65.5 Å². The molecule has 2 N–H and O–H groups in total. The molecule has 2 atom stereocenters. The third-order valence-corrected chi connectivity index (χ3v) is 3.88. The molecule has 5 heteroatoms. The van der Waals surface area contributed by atoms with E-state index < -0.39 is 6.04 Å². The molecular formula is C19H30N2O3. The van der Waals surface area contributed by atoms with E-state index in [1.54, 1.807) is 31.2 Å². The average Bonchev–Trinajstić information content (AvgIpc) is 2.58. The number of nitrogens with one attached hydrogen (secondary N) is 2. The predicted octanol–water partition coefficient (Wildman–Crippen LogP) is 3.29. The molecule has 0 aliphatic carbocycles. The lowest BCUT2D eigenvalue weighted by Crippen LogP contribution is -2.47. The van der Waals surface area contributed by atoms with Crippen LogP contribution in [0.25, 0.3) is 0 Å². The van der Waals surface area contributed by atoms with Crippen LogP contribution in [0.5, 0.6) is 5.75 Å². The fourth-order valence-corrected chi connectivity index (χ4v) is 2.06. The van der Waals surface area contributed by atoms with Crippen molar-refractivity contribution < 1.29 is 14.3 Å². The molecule has 1 rings (SSSR count). The van der Waals surface area contributed by atoms with E-state index >= 15 is 0 Å². The predicted molar refractivity (Wildman–Crippen MR) is 96.3 cm³/mol. The molecule has 0 heterocycles. The van der Waals surface area contributed by atoms with Gasteiger partial charge in [-0.2, -0.15) is 0 Å². The van der Waals surface area contributed by atoms with E-state index in [-0.39, 0.29) is 17.9 Å². The van der Waals surface area contributed by atoms with Gasteiger partial charge in [-0.3, -0.25) is 9.59 Å².